The smallest absolute Gasteiger partial charge is 0.0431 e. The molecule has 0 saturated carbocycles. The van der Waals surface area contributed by atoms with E-state index in [-0.39, 0.29) is 17.1 Å². The molecule has 0 spiro atoms. The SMILES string of the molecule is CC(C)CCCCCO.[Cu].[O-]B([O-])[O-]. The second-order valence-corrected chi connectivity index (χ2v) is 3.26. The second-order valence-electron chi connectivity index (χ2n) is 3.26. The molecular weight excluding hydrogens is 234 g/mol. The van der Waals surface area contributed by atoms with Crippen molar-refractivity contribution in [3.8, 4) is 0 Å². The number of rotatable bonds is 5. The van der Waals surface area contributed by atoms with Gasteiger partial charge in [0.25, 0.3) is 0 Å². The molecule has 0 rings (SSSR count). The van der Waals surface area contributed by atoms with Crippen molar-refractivity contribution in [3.05, 3.63) is 0 Å². The summed E-state index contributed by atoms with van der Waals surface area (Å²) in [5.74, 6) is 0.823. The number of hydrogen-bond donors (Lipinski definition) is 1. The van der Waals surface area contributed by atoms with E-state index in [0.717, 1.165) is 12.3 Å². The normalized spacial score (nSPS) is 8.79. The van der Waals surface area contributed by atoms with Crippen LogP contribution in [0.15, 0.2) is 0 Å². The molecule has 0 aromatic heterocycles. The van der Waals surface area contributed by atoms with E-state index in [1.54, 1.807) is 0 Å². The van der Waals surface area contributed by atoms with Gasteiger partial charge >= 0.3 is 0 Å². The molecule has 0 aliphatic heterocycles. The van der Waals surface area contributed by atoms with Gasteiger partial charge in [-0.05, 0) is 12.3 Å². The molecule has 14 heavy (non-hydrogen) atoms. The zero-order valence-electron chi connectivity index (χ0n) is 8.66. The second kappa shape index (κ2) is 15.9. The first-order valence-electron chi connectivity index (χ1n) is 4.59. The molecule has 0 aromatic rings. The molecule has 0 aromatic carbocycles. The summed E-state index contributed by atoms with van der Waals surface area (Å²) < 4.78 is 0. The Kier molecular flexibility index (Phi) is 22.6. The van der Waals surface area contributed by atoms with Crippen LogP contribution in [0, 0.1) is 5.92 Å². The van der Waals surface area contributed by atoms with Gasteiger partial charge in [0.05, 0.1) is 0 Å². The number of hydrogen-bond acceptors (Lipinski definition) is 4. The van der Waals surface area contributed by atoms with Crippen LogP contribution in [-0.4, -0.2) is 19.0 Å². The number of aliphatic hydroxyl groups excluding tert-OH is 1. The maximum absolute atomic E-state index is 8.43. The van der Waals surface area contributed by atoms with Crippen molar-refractivity contribution < 1.29 is 37.2 Å². The van der Waals surface area contributed by atoms with Crippen LogP contribution in [0.1, 0.15) is 39.5 Å². The molecule has 0 amide bonds. The zero-order valence-corrected chi connectivity index (χ0v) is 9.61. The Balaban J connectivity index is -0.000000209. The van der Waals surface area contributed by atoms with Gasteiger partial charge in [-0.2, -0.15) is 0 Å². The molecule has 0 aliphatic rings. The van der Waals surface area contributed by atoms with E-state index in [9.17, 15) is 0 Å². The van der Waals surface area contributed by atoms with Crippen molar-refractivity contribution in [3.63, 3.8) is 0 Å². The fourth-order valence-corrected chi connectivity index (χ4v) is 0.841. The average molecular weight is 253 g/mol. The van der Waals surface area contributed by atoms with Crippen LogP contribution in [0.25, 0.3) is 0 Å². The van der Waals surface area contributed by atoms with Gasteiger partial charge in [0.2, 0.25) is 0 Å². The summed E-state index contributed by atoms with van der Waals surface area (Å²) in [4.78, 5) is 0. The largest absolute Gasteiger partial charge is 0.907 e. The van der Waals surface area contributed by atoms with E-state index in [2.05, 4.69) is 13.8 Å². The van der Waals surface area contributed by atoms with Gasteiger partial charge in [-0.3, -0.25) is 7.32 Å². The minimum absolute atomic E-state index is 0. The van der Waals surface area contributed by atoms with E-state index in [4.69, 9.17) is 20.2 Å². The average Bonchev–Trinajstić information content (AvgIpc) is 1.97. The van der Waals surface area contributed by atoms with Crippen LogP contribution >= 0.6 is 0 Å². The van der Waals surface area contributed by atoms with Crippen LogP contribution < -0.4 is 15.1 Å². The third-order valence-electron chi connectivity index (χ3n) is 1.44. The molecule has 0 atom stereocenters. The molecule has 0 bridgehead atoms. The van der Waals surface area contributed by atoms with E-state index in [0.29, 0.717) is 6.61 Å². The summed E-state index contributed by atoms with van der Waals surface area (Å²) >= 11 is 0. The van der Waals surface area contributed by atoms with Gasteiger partial charge in [-0.1, -0.05) is 33.1 Å². The first kappa shape index (κ1) is 19.9. The Bertz CT molecular complexity index is 90.7. The molecule has 0 heterocycles. The summed E-state index contributed by atoms with van der Waals surface area (Å²) in [5.41, 5.74) is 0. The van der Waals surface area contributed by atoms with Crippen LogP contribution in [0.4, 0.5) is 0 Å². The standard InChI is InChI=1S/C8H18O.BO3.Cu/c1-8(2)6-4-3-5-7-9;2-1(3)4;/h8-9H,3-7H2,1-2H3;;/q;-3;. The Morgan fingerprint density at radius 1 is 1.07 bits per heavy atom. The van der Waals surface area contributed by atoms with Crippen molar-refractivity contribution in [1.82, 2.24) is 0 Å². The maximum Gasteiger partial charge on any atom is 0.0431 e. The third kappa shape index (κ3) is 39.3. The summed E-state index contributed by atoms with van der Waals surface area (Å²) in [5, 5.41) is 33.7. The quantitative estimate of drug-likeness (QED) is 0.464. The van der Waals surface area contributed by atoms with Crippen LogP contribution in [-0.2, 0) is 17.1 Å². The first-order valence-corrected chi connectivity index (χ1v) is 4.59. The Hall–Kier alpha value is 0.424. The van der Waals surface area contributed by atoms with Gasteiger partial charge in [-0.25, -0.2) is 0 Å². The van der Waals surface area contributed by atoms with Crippen molar-refractivity contribution in [2.45, 2.75) is 39.5 Å². The maximum atomic E-state index is 8.43. The fourth-order valence-electron chi connectivity index (χ4n) is 0.841. The van der Waals surface area contributed by atoms with E-state index in [1.165, 1.54) is 19.3 Å². The molecule has 0 aliphatic carbocycles. The molecule has 91 valence electrons. The summed E-state index contributed by atoms with van der Waals surface area (Å²) in [6.45, 7) is 4.83. The molecule has 1 N–H and O–H groups in total. The first-order chi connectivity index (χ1) is 6.00. The van der Waals surface area contributed by atoms with Gasteiger partial charge < -0.3 is 20.2 Å². The van der Waals surface area contributed by atoms with Crippen molar-refractivity contribution >= 4 is 7.32 Å². The van der Waals surface area contributed by atoms with E-state index >= 15 is 0 Å². The topological polar surface area (TPSA) is 89.4 Å². The molecule has 6 heteroatoms. The minimum atomic E-state index is -2.92. The molecule has 1 radical (unpaired) electrons. The van der Waals surface area contributed by atoms with Crippen molar-refractivity contribution in [2.75, 3.05) is 6.61 Å². The molecule has 0 unspecified atom stereocenters. The van der Waals surface area contributed by atoms with Crippen molar-refractivity contribution in [2.24, 2.45) is 5.92 Å². The predicted molar refractivity (Wildman–Crippen MR) is 46.1 cm³/mol. The number of aliphatic hydroxyl groups is 1. The van der Waals surface area contributed by atoms with Gasteiger partial charge in [0.1, 0.15) is 0 Å². The fraction of sp³-hybridized carbons (Fsp3) is 1.00. The van der Waals surface area contributed by atoms with E-state index in [1.807, 2.05) is 0 Å². The molecule has 0 fully saturated rings. The Morgan fingerprint density at radius 2 is 1.50 bits per heavy atom. The molecule has 0 saturated heterocycles. The molecular formula is C8H18BCuO4-3. The van der Waals surface area contributed by atoms with Gasteiger partial charge in [0.15, 0.2) is 0 Å². The predicted octanol–water partition coefficient (Wildman–Crippen LogP) is -1.76. The zero-order chi connectivity index (χ0) is 10.7. The van der Waals surface area contributed by atoms with E-state index < -0.39 is 7.32 Å². The monoisotopic (exact) mass is 252 g/mol. The molecule has 4 nitrogen and oxygen atoms in total. The van der Waals surface area contributed by atoms with Gasteiger partial charge in [-0.15, -0.1) is 0 Å². The summed E-state index contributed by atoms with van der Waals surface area (Å²) in [7, 11) is -2.92. The minimum Gasteiger partial charge on any atom is -0.907 e. The summed E-state index contributed by atoms with van der Waals surface area (Å²) in [6.07, 6.45) is 4.75. The van der Waals surface area contributed by atoms with Gasteiger partial charge in [0, 0.05) is 23.7 Å². The Labute approximate surface area is 97.0 Å². The van der Waals surface area contributed by atoms with Crippen LogP contribution in [0.2, 0.25) is 0 Å². The Morgan fingerprint density at radius 3 is 1.79 bits per heavy atom. The van der Waals surface area contributed by atoms with Crippen LogP contribution in [0.5, 0.6) is 0 Å². The number of unbranched alkanes of at least 4 members (excludes halogenated alkanes) is 2. The van der Waals surface area contributed by atoms with Crippen molar-refractivity contribution in [1.29, 1.82) is 0 Å². The third-order valence-corrected chi connectivity index (χ3v) is 1.44. The van der Waals surface area contributed by atoms with Crippen LogP contribution in [0.3, 0.4) is 0 Å². The summed E-state index contributed by atoms with van der Waals surface area (Å²) in [6, 6.07) is 0.